The zero-order valence-corrected chi connectivity index (χ0v) is 28.5. The van der Waals surface area contributed by atoms with Crippen LogP contribution in [0.1, 0.15) is 87.8 Å². The van der Waals surface area contributed by atoms with Crippen LogP contribution in [0.2, 0.25) is 0 Å². The molecule has 1 aromatic heterocycles. The van der Waals surface area contributed by atoms with E-state index in [1.54, 1.807) is 26.8 Å². The number of epoxide rings is 1. The number of hydrogen-bond donors (Lipinski definition) is 2. The first-order valence-electron chi connectivity index (χ1n) is 16.4. The minimum atomic E-state index is -1.28. The molecule has 0 saturated carbocycles. The Hall–Kier alpha value is -3.44. The summed E-state index contributed by atoms with van der Waals surface area (Å²) in [6, 6.07) is 13.2. The Morgan fingerprint density at radius 1 is 1.09 bits per heavy atom. The maximum Gasteiger partial charge on any atom is 0.339 e. The molecule has 9 nitrogen and oxygen atoms in total. The molecule has 5 rings (SSSR count). The number of aliphatic hydroxyl groups is 2. The number of benzene rings is 2. The largest absolute Gasteiger partial charge is 0.458 e. The van der Waals surface area contributed by atoms with Gasteiger partial charge in [0.2, 0.25) is 0 Å². The molecule has 47 heavy (non-hydrogen) atoms. The number of Topliss-reactive ketones (excluding diaryl/α,β-unsaturated/α-hetero) is 1. The molecule has 3 aromatic rings. The van der Waals surface area contributed by atoms with Gasteiger partial charge in [0, 0.05) is 17.7 Å². The van der Waals surface area contributed by atoms with Crippen LogP contribution in [-0.4, -0.2) is 63.4 Å². The Balaban J connectivity index is 1.27. The number of ether oxygens (including phenoxy) is 3. The highest BCUT2D eigenvalue weighted by Crippen LogP contribution is 2.36. The molecule has 252 valence electrons. The van der Waals surface area contributed by atoms with E-state index in [9.17, 15) is 24.6 Å². The van der Waals surface area contributed by atoms with Gasteiger partial charge in [-0.05, 0) is 54.2 Å². The lowest BCUT2D eigenvalue weighted by molar-refractivity contribution is -0.154. The average Bonchev–Trinajstić information content (AvgIpc) is 3.63. The van der Waals surface area contributed by atoms with Crippen molar-refractivity contribution in [2.75, 3.05) is 0 Å². The first-order chi connectivity index (χ1) is 22.3. The minimum Gasteiger partial charge on any atom is -0.458 e. The molecule has 10 heteroatoms. The van der Waals surface area contributed by atoms with Crippen LogP contribution >= 0.6 is 11.3 Å². The van der Waals surface area contributed by atoms with Gasteiger partial charge >= 0.3 is 11.9 Å². The summed E-state index contributed by atoms with van der Waals surface area (Å²) >= 11 is 1.37. The fourth-order valence-electron chi connectivity index (χ4n) is 6.40. The lowest BCUT2D eigenvalue weighted by Crippen LogP contribution is -2.45. The van der Waals surface area contributed by atoms with Crippen LogP contribution < -0.4 is 0 Å². The van der Waals surface area contributed by atoms with Gasteiger partial charge in [-0.2, -0.15) is 0 Å². The summed E-state index contributed by atoms with van der Waals surface area (Å²) in [6.07, 6.45) is 1.53. The normalized spacial score (nSPS) is 29.2. The molecule has 0 unspecified atom stereocenters. The summed E-state index contributed by atoms with van der Waals surface area (Å²) in [5, 5.41) is 26.1. The Morgan fingerprint density at radius 3 is 2.62 bits per heavy atom. The predicted molar refractivity (Wildman–Crippen MR) is 180 cm³/mol. The molecule has 0 amide bonds. The molecule has 2 aromatic carbocycles. The number of ketones is 1. The van der Waals surface area contributed by atoms with Gasteiger partial charge in [0.15, 0.2) is 0 Å². The van der Waals surface area contributed by atoms with Gasteiger partial charge in [0.1, 0.15) is 23.5 Å². The highest BCUT2D eigenvalue weighted by Gasteiger charge is 2.44. The lowest BCUT2D eigenvalue weighted by Gasteiger charge is -2.34. The molecular weight excluding hydrogens is 618 g/mol. The Morgan fingerprint density at radius 2 is 1.83 bits per heavy atom. The summed E-state index contributed by atoms with van der Waals surface area (Å²) in [5.41, 5.74) is 0.648. The molecule has 0 bridgehead atoms. The van der Waals surface area contributed by atoms with Crippen LogP contribution in [-0.2, 0) is 30.4 Å². The van der Waals surface area contributed by atoms with E-state index in [0.29, 0.717) is 22.7 Å². The van der Waals surface area contributed by atoms with Crippen LogP contribution in [0.3, 0.4) is 0 Å². The van der Waals surface area contributed by atoms with Gasteiger partial charge in [-0.25, -0.2) is 9.78 Å². The number of cyclic esters (lactones) is 1. The number of thiazole rings is 1. The van der Waals surface area contributed by atoms with E-state index >= 15 is 0 Å². The number of esters is 2. The van der Waals surface area contributed by atoms with Gasteiger partial charge in [0.05, 0.1) is 47.5 Å². The monoisotopic (exact) mass is 663 g/mol. The van der Waals surface area contributed by atoms with Crippen molar-refractivity contribution in [3.8, 4) is 0 Å². The van der Waals surface area contributed by atoms with Crippen molar-refractivity contribution >= 4 is 45.9 Å². The van der Waals surface area contributed by atoms with Crippen molar-refractivity contribution in [1.29, 1.82) is 0 Å². The number of rotatable bonds is 5. The van der Waals surface area contributed by atoms with Gasteiger partial charge in [0.25, 0.3) is 0 Å². The summed E-state index contributed by atoms with van der Waals surface area (Å²) in [4.78, 5) is 44.0. The van der Waals surface area contributed by atoms with Crippen LogP contribution in [0, 0.1) is 17.3 Å². The molecule has 3 heterocycles. The third-order valence-electron chi connectivity index (χ3n) is 9.68. The van der Waals surface area contributed by atoms with E-state index in [2.05, 4.69) is 4.98 Å². The Labute approximate surface area is 280 Å². The van der Waals surface area contributed by atoms with Crippen molar-refractivity contribution in [2.45, 2.75) is 104 Å². The van der Waals surface area contributed by atoms with Crippen molar-refractivity contribution in [3.05, 3.63) is 69.7 Å². The number of nitrogens with zero attached hydrogens (tertiary/aromatic N) is 1. The third kappa shape index (κ3) is 8.35. The molecular formula is C37H45NO8S. The first-order valence-corrected chi connectivity index (χ1v) is 17.3. The predicted octanol–water partition coefficient (Wildman–Crippen LogP) is 6.29. The van der Waals surface area contributed by atoms with Gasteiger partial charge in [-0.15, -0.1) is 11.3 Å². The number of aromatic nitrogens is 1. The van der Waals surface area contributed by atoms with E-state index in [1.807, 2.05) is 61.7 Å². The zero-order valence-electron chi connectivity index (χ0n) is 27.7. The Kier molecular flexibility index (Phi) is 11.0. The molecule has 2 N–H and O–H groups in total. The standard InChI is InChI=1S/C37H45NO8S/c1-21-10-8-15-28-30(45-28)17-29(46-33(40)18-31(39)37(4,5)35(42)23(3)34(21)41)22(2)16-25-20-47-32(38-25)19-44-36(43)27-14-9-12-24-11-6-7-13-26(24)27/h6-7,9,11-14,16,20-21,23,28-31,34,39,41H,8,10,15,17-19H2,1-5H3/t21-,23+,28+,29-,30+,31-,34-/m1/s1. The molecule has 2 aliphatic rings. The van der Waals surface area contributed by atoms with E-state index < -0.39 is 41.6 Å². The number of carbonyl (C=O) groups excluding carboxylic acids is 3. The van der Waals surface area contributed by atoms with Crippen molar-refractivity contribution in [2.24, 2.45) is 17.3 Å². The summed E-state index contributed by atoms with van der Waals surface area (Å²) in [5.74, 6) is -2.12. The highest BCUT2D eigenvalue weighted by atomic mass is 32.1. The highest BCUT2D eigenvalue weighted by molar-refractivity contribution is 7.09. The second-order valence-electron chi connectivity index (χ2n) is 13.6. The molecule has 0 radical (unpaired) electrons. The molecule has 0 spiro atoms. The van der Waals surface area contributed by atoms with Crippen LogP contribution in [0.15, 0.2) is 53.4 Å². The molecule has 0 aliphatic carbocycles. The minimum absolute atomic E-state index is 0.0241. The summed E-state index contributed by atoms with van der Waals surface area (Å²) in [7, 11) is 0. The van der Waals surface area contributed by atoms with E-state index in [4.69, 9.17) is 14.2 Å². The second kappa shape index (κ2) is 14.8. The molecule has 2 fully saturated rings. The molecule has 2 aliphatic heterocycles. The maximum absolute atomic E-state index is 13.3. The van der Waals surface area contributed by atoms with Crippen LogP contribution in [0.4, 0.5) is 0 Å². The SMILES string of the molecule is CC(=Cc1csc(COC(=O)c2cccc3ccccc23)n1)[C@H]1C[C@@H]2O[C@H]2CCC[C@@H](C)[C@@H](O)[C@H](C)C(=O)C(C)(C)[C@H](O)CC(=O)O1. The van der Waals surface area contributed by atoms with Crippen LogP contribution in [0.5, 0.6) is 0 Å². The number of aliphatic hydroxyl groups excluding tert-OH is 2. The summed E-state index contributed by atoms with van der Waals surface area (Å²) < 4.78 is 17.5. The lowest BCUT2D eigenvalue weighted by atomic mass is 9.73. The van der Waals surface area contributed by atoms with E-state index in [-0.39, 0.29) is 36.9 Å². The average molecular weight is 664 g/mol. The maximum atomic E-state index is 13.3. The van der Waals surface area contributed by atoms with Crippen molar-refractivity contribution in [3.63, 3.8) is 0 Å². The second-order valence-corrected chi connectivity index (χ2v) is 14.5. The fourth-order valence-corrected chi connectivity index (χ4v) is 7.06. The Bertz CT molecular complexity index is 1620. The van der Waals surface area contributed by atoms with Gasteiger partial charge in [-0.3, -0.25) is 9.59 Å². The van der Waals surface area contributed by atoms with Crippen molar-refractivity contribution < 1.29 is 38.8 Å². The quantitative estimate of drug-likeness (QED) is 0.239. The third-order valence-corrected chi connectivity index (χ3v) is 10.5. The number of carbonyl (C=O) groups is 3. The zero-order chi connectivity index (χ0) is 33.9. The van der Waals surface area contributed by atoms with E-state index in [1.165, 1.54) is 11.3 Å². The van der Waals surface area contributed by atoms with E-state index in [0.717, 1.165) is 35.6 Å². The topological polar surface area (TPSA) is 136 Å². The molecule has 2 saturated heterocycles. The number of fused-ring (bicyclic) bond motifs is 2. The van der Waals surface area contributed by atoms with Crippen LogP contribution in [0.25, 0.3) is 16.8 Å². The first kappa shape index (κ1) is 34.9. The van der Waals surface area contributed by atoms with Gasteiger partial charge in [-0.1, -0.05) is 70.5 Å². The smallest absolute Gasteiger partial charge is 0.339 e. The summed E-state index contributed by atoms with van der Waals surface area (Å²) in [6.45, 7) is 8.72. The van der Waals surface area contributed by atoms with Crippen molar-refractivity contribution in [1.82, 2.24) is 4.98 Å². The van der Waals surface area contributed by atoms with Gasteiger partial charge < -0.3 is 24.4 Å². The molecule has 7 atom stereocenters. The fraction of sp³-hybridized carbons (Fsp3) is 0.514. The number of hydrogen-bond acceptors (Lipinski definition) is 10.